The summed E-state index contributed by atoms with van der Waals surface area (Å²) in [6, 6.07) is 15.6. The number of para-hydroxylation sites is 1. The van der Waals surface area contributed by atoms with E-state index in [1.165, 1.54) is 10.9 Å². The highest BCUT2D eigenvalue weighted by molar-refractivity contribution is 6.31. The summed E-state index contributed by atoms with van der Waals surface area (Å²) in [5, 5.41) is 4.79. The van der Waals surface area contributed by atoms with Crippen LogP contribution in [0.25, 0.3) is 10.9 Å². The van der Waals surface area contributed by atoms with Crippen molar-refractivity contribution in [2.45, 2.75) is 12.8 Å². The molecule has 0 atom stereocenters. The van der Waals surface area contributed by atoms with Gasteiger partial charge in [0.15, 0.2) is 0 Å². The number of benzene rings is 2. The van der Waals surface area contributed by atoms with E-state index >= 15 is 0 Å². The van der Waals surface area contributed by atoms with Gasteiger partial charge in [0, 0.05) is 28.7 Å². The van der Waals surface area contributed by atoms with Crippen LogP contribution in [0.3, 0.4) is 0 Å². The summed E-state index contributed by atoms with van der Waals surface area (Å²) in [4.78, 5) is 15.2. The quantitative estimate of drug-likeness (QED) is 0.741. The van der Waals surface area contributed by atoms with Crippen LogP contribution in [0.2, 0.25) is 5.02 Å². The van der Waals surface area contributed by atoms with Gasteiger partial charge in [0.25, 0.3) is 0 Å². The van der Waals surface area contributed by atoms with E-state index in [4.69, 9.17) is 11.6 Å². The van der Waals surface area contributed by atoms with E-state index in [2.05, 4.69) is 22.4 Å². The SMILES string of the molecule is O=C(Cc1ccccc1Cl)NCCc1c[nH]c2ccccc12. The second kappa shape index (κ2) is 6.67. The van der Waals surface area contributed by atoms with Gasteiger partial charge in [-0.1, -0.05) is 48.0 Å². The fourth-order valence-corrected chi connectivity index (χ4v) is 2.75. The van der Waals surface area contributed by atoms with E-state index in [0.29, 0.717) is 18.0 Å². The van der Waals surface area contributed by atoms with Gasteiger partial charge in [0.05, 0.1) is 6.42 Å². The first-order valence-corrected chi connectivity index (χ1v) is 7.67. The maximum Gasteiger partial charge on any atom is 0.224 e. The molecule has 1 heterocycles. The minimum Gasteiger partial charge on any atom is -0.361 e. The molecule has 0 fully saturated rings. The number of rotatable bonds is 5. The number of hydrogen-bond acceptors (Lipinski definition) is 1. The van der Waals surface area contributed by atoms with Crippen molar-refractivity contribution >= 4 is 28.4 Å². The molecule has 0 aliphatic carbocycles. The summed E-state index contributed by atoms with van der Waals surface area (Å²) >= 11 is 6.06. The maximum atomic E-state index is 12.0. The summed E-state index contributed by atoms with van der Waals surface area (Å²) in [7, 11) is 0. The van der Waals surface area contributed by atoms with Gasteiger partial charge in [-0.25, -0.2) is 0 Å². The molecule has 0 saturated carbocycles. The molecule has 3 aromatic rings. The van der Waals surface area contributed by atoms with Gasteiger partial charge in [0.1, 0.15) is 0 Å². The summed E-state index contributed by atoms with van der Waals surface area (Å²) in [6.07, 6.45) is 3.12. The fraction of sp³-hybridized carbons (Fsp3) is 0.167. The molecule has 0 spiro atoms. The molecule has 3 nitrogen and oxygen atoms in total. The largest absolute Gasteiger partial charge is 0.361 e. The molecular formula is C18H17ClN2O. The number of fused-ring (bicyclic) bond motifs is 1. The van der Waals surface area contributed by atoms with Crippen LogP contribution in [-0.2, 0) is 17.6 Å². The Hall–Kier alpha value is -2.26. The number of carbonyl (C=O) groups excluding carboxylic acids is 1. The molecule has 112 valence electrons. The first kappa shape index (κ1) is 14.7. The molecule has 0 aliphatic heterocycles. The van der Waals surface area contributed by atoms with E-state index in [-0.39, 0.29) is 5.91 Å². The number of nitrogens with one attached hydrogen (secondary N) is 2. The lowest BCUT2D eigenvalue weighted by Crippen LogP contribution is -2.27. The van der Waals surface area contributed by atoms with Crippen LogP contribution >= 0.6 is 11.6 Å². The van der Waals surface area contributed by atoms with Crippen molar-refractivity contribution in [3.05, 3.63) is 70.9 Å². The Morgan fingerprint density at radius 1 is 1.05 bits per heavy atom. The lowest BCUT2D eigenvalue weighted by Gasteiger charge is -2.06. The second-order valence-electron chi connectivity index (χ2n) is 5.23. The zero-order valence-corrected chi connectivity index (χ0v) is 12.9. The molecule has 22 heavy (non-hydrogen) atoms. The molecule has 3 rings (SSSR count). The minimum atomic E-state index is -0.00654. The van der Waals surface area contributed by atoms with Crippen LogP contribution in [0.4, 0.5) is 0 Å². The molecule has 0 radical (unpaired) electrons. The van der Waals surface area contributed by atoms with Crippen molar-refractivity contribution in [2.75, 3.05) is 6.54 Å². The number of aromatic amines is 1. The summed E-state index contributed by atoms with van der Waals surface area (Å²) in [5.41, 5.74) is 3.20. The predicted octanol–water partition coefficient (Wildman–Crippen LogP) is 3.72. The lowest BCUT2D eigenvalue weighted by atomic mass is 10.1. The van der Waals surface area contributed by atoms with E-state index < -0.39 is 0 Å². The molecular weight excluding hydrogens is 296 g/mol. The van der Waals surface area contributed by atoms with Gasteiger partial charge in [0.2, 0.25) is 5.91 Å². The molecule has 2 aromatic carbocycles. The van der Waals surface area contributed by atoms with E-state index in [1.54, 1.807) is 6.07 Å². The molecule has 0 saturated heterocycles. The molecule has 1 aromatic heterocycles. The van der Waals surface area contributed by atoms with Gasteiger partial charge in [-0.15, -0.1) is 0 Å². The first-order chi connectivity index (χ1) is 10.7. The summed E-state index contributed by atoms with van der Waals surface area (Å²) < 4.78 is 0. The third kappa shape index (κ3) is 3.31. The van der Waals surface area contributed by atoms with Gasteiger partial charge in [-0.2, -0.15) is 0 Å². The molecule has 4 heteroatoms. The van der Waals surface area contributed by atoms with E-state index in [1.807, 2.05) is 36.5 Å². The average Bonchev–Trinajstić information content (AvgIpc) is 2.93. The third-order valence-electron chi connectivity index (χ3n) is 3.70. The highest BCUT2D eigenvalue weighted by atomic mass is 35.5. The zero-order valence-electron chi connectivity index (χ0n) is 12.1. The molecule has 0 bridgehead atoms. The fourth-order valence-electron chi connectivity index (χ4n) is 2.55. The molecule has 1 amide bonds. The van der Waals surface area contributed by atoms with E-state index in [0.717, 1.165) is 17.5 Å². The van der Waals surface area contributed by atoms with Crippen LogP contribution in [0.15, 0.2) is 54.7 Å². The van der Waals surface area contributed by atoms with Crippen LogP contribution < -0.4 is 5.32 Å². The molecule has 0 aliphatic rings. The zero-order chi connectivity index (χ0) is 15.4. The van der Waals surface area contributed by atoms with Crippen LogP contribution in [-0.4, -0.2) is 17.4 Å². The van der Waals surface area contributed by atoms with Crippen LogP contribution in [0.1, 0.15) is 11.1 Å². The van der Waals surface area contributed by atoms with Crippen LogP contribution in [0.5, 0.6) is 0 Å². The Balaban J connectivity index is 1.55. The van der Waals surface area contributed by atoms with Crippen molar-refractivity contribution in [3.63, 3.8) is 0 Å². The highest BCUT2D eigenvalue weighted by Crippen LogP contribution is 2.18. The number of H-pyrrole nitrogens is 1. The van der Waals surface area contributed by atoms with Crippen molar-refractivity contribution in [1.82, 2.24) is 10.3 Å². The van der Waals surface area contributed by atoms with Crippen molar-refractivity contribution in [3.8, 4) is 0 Å². The number of carbonyl (C=O) groups is 1. The van der Waals surface area contributed by atoms with Crippen molar-refractivity contribution in [2.24, 2.45) is 0 Å². The van der Waals surface area contributed by atoms with Gasteiger partial charge < -0.3 is 10.3 Å². The number of amides is 1. The predicted molar refractivity (Wildman–Crippen MR) is 90.2 cm³/mol. The standard InChI is InChI=1S/C18H17ClN2O/c19-16-7-3-1-5-13(16)11-18(22)20-10-9-14-12-21-17-8-4-2-6-15(14)17/h1-8,12,21H,9-11H2,(H,20,22). The van der Waals surface area contributed by atoms with Crippen molar-refractivity contribution < 1.29 is 4.79 Å². The Kier molecular flexibility index (Phi) is 4.45. The topological polar surface area (TPSA) is 44.9 Å². The molecule has 2 N–H and O–H groups in total. The van der Waals surface area contributed by atoms with Gasteiger partial charge >= 0.3 is 0 Å². The van der Waals surface area contributed by atoms with Crippen molar-refractivity contribution in [1.29, 1.82) is 0 Å². The maximum absolute atomic E-state index is 12.0. The summed E-state index contributed by atoms with van der Waals surface area (Å²) in [5.74, 6) is -0.00654. The third-order valence-corrected chi connectivity index (χ3v) is 4.07. The Labute approximate surface area is 134 Å². The minimum absolute atomic E-state index is 0.00654. The van der Waals surface area contributed by atoms with E-state index in [9.17, 15) is 4.79 Å². The number of aromatic nitrogens is 1. The first-order valence-electron chi connectivity index (χ1n) is 7.29. The smallest absolute Gasteiger partial charge is 0.224 e. The average molecular weight is 313 g/mol. The Morgan fingerprint density at radius 2 is 1.82 bits per heavy atom. The lowest BCUT2D eigenvalue weighted by molar-refractivity contribution is -0.120. The number of hydrogen-bond donors (Lipinski definition) is 2. The second-order valence-corrected chi connectivity index (χ2v) is 5.63. The van der Waals surface area contributed by atoms with Gasteiger partial charge in [-0.3, -0.25) is 4.79 Å². The van der Waals surface area contributed by atoms with Crippen LogP contribution in [0, 0.1) is 0 Å². The Morgan fingerprint density at radius 3 is 2.68 bits per heavy atom. The monoisotopic (exact) mass is 312 g/mol. The highest BCUT2D eigenvalue weighted by Gasteiger charge is 2.07. The Bertz CT molecular complexity index is 794. The normalized spacial score (nSPS) is 10.8. The number of halogens is 1. The summed E-state index contributed by atoms with van der Waals surface area (Å²) in [6.45, 7) is 0.616. The van der Waals surface area contributed by atoms with Gasteiger partial charge in [-0.05, 0) is 29.7 Å². The molecule has 0 unspecified atom stereocenters.